The van der Waals surface area contributed by atoms with E-state index in [9.17, 15) is 9.50 Å². The van der Waals surface area contributed by atoms with Gasteiger partial charge in [0.25, 0.3) is 0 Å². The van der Waals surface area contributed by atoms with Crippen molar-refractivity contribution in [2.75, 3.05) is 44.9 Å². The lowest BCUT2D eigenvalue weighted by Gasteiger charge is -2.35. The number of anilines is 1. The molecule has 4 aromatic rings. The van der Waals surface area contributed by atoms with E-state index in [1.54, 1.807) is 13.3 Å². The summed E-state index contributed by atoms with van der Waals surface area (Å²) < 4.78 is 43.6. The predicted molar refractivity (Wildman–Crippen MR) is 171 cm³/mol. The van der Waals surface area contributed by atoms with Gasteiger partial charge in [-0.3, -0.25) is 9.88 Å². The van der Waals surface area contributed by atoms with Crippen LogP contribution in [0.3, 0.4) is 0 Å². The quantitative estimate of drug-likeness (QED) is 0.281. The number of nitrogens with zero attached hydrogens (tertiary/aromatic N) is 5. The molecule has 238 valence electrons. The first kappa shape index (κ1) is 29.3. The summed E-state index contributed by atoms with van der Waals surface area (Å²) in [7, 11) is 1.74. The molecule has 0 amide bonds. The third-order valence-electron chi connectivity index (χ3n) is 10.5. The Labute approximate surface area is 265 Å². The first-order valence-corrected chi connectivity index (χ1v) is 16.1. The highest BCUT2D eigenvalue weighted by Crippen LogP contribution is 2.43. The Hall–Kier alpha value is -4.11. The molecule has 2 aromatic heterocycles. The zero-order valence-electron chi connectivity index (χ0n) is 25.7. The molecule has 2 N–H and O–H groups in total. The van der Waals surface area contributed by atoms with Crippen molar-refractivity contribution in [3.8, 4) is 35.4 Å². The van der Waals surface area contributed by atoms with E-state index in [1.807, 2.05) is 0 Å². The molecule has 0 aliphatic carbocycles. The van der Waals surface area contributed by atoms with Crippen molar-refractivity contribution in [3.05, 3.63) is 47.7 Å². The minimum absolute atomic E-state index is 0.0267. The SMILES string of the molecule is C#Cc1c(F)ccc2cc(O)cc(-c3ncc4c(N5C[C@H]6CC[C@@H](C5)N6)nc(OC[C@@]56CCCN5[C@@H](COC)CC6)nc4c3F)c12. The molecule has 4 saturated heterocycles. The molecule has 11 heteroatoms. The number of hydrogen-bond donors (Lipinski definition) is 2. The van der Waals surface area contributed by atoms with Gasteiger partial charge in [-0.25, -0.2) is 8.78 Å². The van der Waals surface area contributed by atoms with E-state index in [1.165, 1.54) is 24.3 Å². The van der Waals surface area contributed by atoms with Gasteiger partial charge >= 0.3 is 6.01 Å². The lowest BCUT2D eigenvalue weighted by Crippen LogP contribution is -2.51. The van der Waals surface area contributed by atoms with Gasteiger partial charge in [0, 0.05) is 55.5 Å². The van der Waals surface area contributed by atoms with Crippen LogP contribution in [0.2, 0.25) is 0 Å². The summed E-state index contributed by atoms with van der Waals surface area (Å²) in [6, 6.07) is 6.67. The summed E-state index contributed by atoms with van der Waals surface area (Å²) in [4.78, 5) is 18.8. The minimum Gasteiger partial charge on any atom is -0.508 e. The second-order valence-electron chi connectivity index (χ2n) is 13.2. The highest BCUT2D eigenvalue weighted by atomic mass is 19.1. The fourth-order valence-corrected chi connectivity index (χ4v) is 8.42. The molecule has 4 atom stereocenters. The number of ether oxygens (including phenoxy) is 2. The van der Waals surface area contributed by atoms with E-state index >= 15 is 4.39 Å². The van der Waals surface area contributed by atoms with Gasteiger partial charge in [-0.1, -0.05) is 12.0 Å². The second-order valence-corrected chi connectivity index (χ2v) is 13.2. The Morgan fingerprint density at radius 3 is 2.74 bits per heavy atom. The number of terminal acetylenes is 1. The van der Waals surface area contributed by atoms with Crippen LogP contribution in [0.25, 0.3) is 32.9 Å². The number of methoxy groups -OCH3 is 1. The van der Waals surface area contributed by atoms with Crippen molar-refractivity contribution in [1.29, 1.82) is 0 Å². The number of phenolic OH excluding ortho intramolecular Hbond substituents is 1. The van der Waals surface area contributed by atoms with Crippen LogP contribution in [0.4, 0.5) is 14.6 Å². The molecule has 2 bridgehead atoms. The maximum absolute atomic E-state index is 16.8. The molecule has 8 rings (SSSR count). The van der Waals surface area contributed by atoms with Gasteiger partial charge in [-0.2, -0.15) is 9.97 Å². The topological polar surface area (TPSA) is 95.9 Å². The van der Waals surface area contributed by atoms with Gasteiger partial charge in [0.15, 0.2) is 5.82 Å². The van der Waals surface area contributed by atoms with Crippen molar-refractivity contribution >= 4 is 27.5 Å². The Morgan fingerprint density at radius 1 is 1.13 bits per heavy atom. The molecule has 46 heavy (non-hydrogen) atoms. The highest BCUT2D eigenvalue weighted by Gasteiger charge is 2.49. The molecule has 4 fully saturated rings. The van der Waals surface area contributed by atoms with E-state index in [4.69, 9.17) is 20.9 Å². The van der Waals surface area contributed by atoms with Crippen LogP contribution in [0.15, 0.2) is 30.5 Å². The fourth-order valence-electron chi connectivity index (χ4n) is 8.42. The average Bonchev–Trinajstić information content (AvgIpc) is 3.73. The Balaban J connectivity index is 1.25. The van der Waals surface area contributed by atoms with Gasteiger partial charge in [-0.15, -0.1) is 6.42 Å². The third-order valence-corrected chi connectivity index (χ3v) is 10.5. The van der Waals surface area contributed by atoms with Crippen molar-refractivity contribution < 1.29 is 23.4 Å². The molecule has 0 unspecified atom stereocenters. The number of hydrogen-bond acceptors (Lipinski definition) is 9. The van der Waals surface area contributed by atoms with Gasteiger partial charge in [0.2, 0.25) is 0 Å². The molecule has 4 aliphatic heterocycles. The Kier molecular flexibility index (Phi) is 7.20. The number of benzene rings is 2. The molecule has 0 saturated carbocycles. The molecular weight excluding hydrogens is 590 g/mol. The number of aromatic nitrogens is 3. The largest absolute Gasteiger partial charge is 0.508 e. The minimum atomic E-state index is -0.718. The van der Waals surface area contributed by atoms with E-state index in [0.717, 1.165) is 58.2 Å². The lowest BCUT2D eigenvalue weighted by molar-refractivity contribution is 0.0521. The highest BCUT2D eigenvalue weighted by molar-refractivity contribution is 6.03. The normalized spacial score (nSPS) is 25.8. The zero-order chi connectivity index (χ0) is 31.6. The number of phenols is 1. The van der Waals surface area contributed by atoms with Crippen molar-refractivity contribution in [3.63, 3.8) is 0 Å². The molecule has 4 aliphatic rings. The number of fused-ring (bicyclic) bond motifs is 5. The standard InChI is InChI=1S/C35H36F2N6O3/c1-3-25-28(36)8-5-20-13-24(44)14-26(29(20)25)31-30(37)32-27(15-38-31)33(42-16-21-6-7-22(17-42)39-21)41-34(40-32)46-19-35-10-4-12-43(35)23(9-11-35)18-45-2/h1,5,8,13-15,21-23,39,44H,4,6-7,9-12,16-19H2,2H3/t21-,22+,23-,35+/m1/s1. The van der Waals surface area contributed by atoms with E-state index in [2.05, 4.69) is 31.0 Å². The van der Waals surface area contributed by atoms with Crippen molar-refractivity contribution in [2.24, 2.45) is 0 Å². The summed E-state index contributed by atoms with van der Waals surface area (Å²) >= 11 is 0. The van der Waals surface area contributed by atoms with Crippen LogP contribution in [0.1, 0.15) is 44.1 Å². The first-order valence-electron chi connectivity index (χ1n) is 16.1. The number of nitrogens with one attached hydrogen (secondary N) is 1. The van der Waals surface area contributed by atoms with Crippen molar-refractivity contribution in [2.45, 2.75) is 62.2 Å². The fraction of sp³-hybridized carbons (Fsp3) is 0.457. The Bertz CT molecular complexity index is 1890. The molecule has 2 aromatic carbocycles. The van der Waals surface area contributed by atoms with Crippen molar-refractivity contribution in [1.82, 2.24) is 25.2 Å². The van der Waals surface area contributed by atoms with Gasteiger partial charge in [-0.05, 0) is 68.7 Å². The van der Waals surface area contributed by atoms with E-state index in [-0.39, 0.29) is 39.6 Å². The summed E-state index contributed by atoms with van der Waals surface area (Å²) in [6.07, 6.45) is 13.5. The van der Waals surface area contributed by atoms with Crippen LogP contribution >= 0.6 is 0 Å². The monoisotopic (exact) mass is 626 g/mol. The van der Waals surface area contributed by atoms with Gasteiger partial charge < -0.3 is 24.8 Å². The molecular formula is C35H36F2N6O3. The number of halogens is 2. The lowest BCUT2D eigenvalue weighted by atomic mass is 9.95. The van der Waals surface area contributed by atoms with Crippen LogP contribution < -0.4 is 15.0 Å². The van der Waals surface area contributed by atoms with Crippen LogP contribution in [-0.4, -0.2) is 88.6 Å². The molecule has 6 heterocycles. The molecule has 0 spiro atoms. The van der Waals surface area contributed by atoms with Crippen LogP contribution in [-0.2, 0) is 4.74 Å². The van der Waals surface area contributed by atoms with Crippen LogP contribution in [0.5, 0.6) is 11.8 Å². The number of aromatic hydroxyl groups is 1. The van der Waals surface area contributed by atoms with E-state index < -0.39 is 11.6 Å². The third kappa shape index (κ3) is 4.73. The summed E-state index contributed by atoms with van der Waals surface area (Å²) in [5.41, 5.74) is -0.0178. The molecule has 0 radical (unpaired) electrons. The smallest absolute Gasteiger partial charge is 0.319 e. The number of piperazine rings is 1. The summed E-state index contributed by atoms with van der Waals surface area (Å²) in [5.74, 6) is 1.52. The average molecular weight is 627 g/mol. The molecule has 9 nitrogen and oxygen atoms in total. The summed E-state index contributed by atoms with van der Waals surface area (Å²) in [6.45, 7) is 3.52. The zero-order valence-corrected chi connectivity index (χ0v) is 25.7. The summed E-state index contributed by atoms with van der Waals surface area (Å²) in [5, 5.41) is 15.4. The van der Waals surface area contributed by atoms with E-state index in [0.29, 0.717) is 53.3 Å². The van der Waals surface area contributed by atoms with Crippen LogP contribution in [0, 0.1) is 24.0 Å². The van der Waals surface area contributed by atoms with Gasteiger partial charge in [0.05, 0.1) is 23.1 Å². The Morgan fingerprint density at radius 2 is 1.96 bits per heavy atom. The predicted octanol–water partition coefficient (Wildman–Crippen LogP) is 4.77. The number of rotatable bonds is 7. The first-order chi connectivity index (χ1) is 22.4. The maximum atomic E-state index is 16.8. The second kappa shape index (κ2) is 11.3. The number of pyridine rings is 1. The van der Waals surface area contributed by atoms with Gasteiger partial charge in [0.1, 0.15) is 35.2 Å². The maximum Gasteiger partial charge on any atom is 0.319 e.